The number of hydrogen-bond donors (Lipinski definition) is 2. The highest BCUT2D eigenvalue weighted by atomic mass is 16.4. The topological polar surface area (TPSA) is 73.9 Å². The van der Waals surface area contributed by atoms with E-state index in [1.807, 2.05) is 11.9 Å². The summed E-state index contributed by atoms with van der Waals surface area (Å²) in [5.74, 6) is -0.466. The molecule has 1 aromatic heterocycles. The molecule has 0 spiro atoms. The second-order valence-corrected chi connectivity index (χ2v) is 3.49. The molecule has 84 valence electrons. The molecule has 1 aromatic rings. The van der Waals surface area contributed by atoms with Crippen molar-refractivity contribution in [2.24, 2.45) is 0 Å². The fourth-order valence-electron chi connectivity index (χ4n) is 1.35. The number of carboxylic acids is 1. The van der Waals surface area contributed by atoms with E-state index >= 15 is 0 Å². The van der Waals surface area contributed by atoms with Gasteiger partial charge in [-0.1, -0.05) is 0 Å². The molecule has 0 aromatic carbocycles. The SMILES string of the molecule is Cc1cc(CN(C)CCO)oc1C(=O)O. The third-order valence-corrected chi connectivity index (χ3v) is 2.07. The van der Waals surface area contributed by atoms with E-state index < -0.39 is 5.97 Å². The van der Waals surface area contributed by atoms with Crippen molar-refractivity contribution in [3.8, 4) is 0 Å². The second-order valence-electron chi connectivity index (χ2n) is 3.49. The molecular weight excluding hydrogens is 198 g/mol. The number of nitrogens with zero attached hydrogens (tertiary/aromatic N) is 1. The molecule has 0 radical (unpaired) electrons. The van der Waals surface area contributed by atoms with Crippen LogP contribution in [0, 0.1) is 6.92 Å². The van der Waals surface area contributed by atoms with Gasteiger partial charge in [0, 0.05) is 12.1 Å². The van der Waals surface area contributed by atoms with Crippen LogP contribution in [-0.4, -0.2) is 41.3 Å². The number of aliphatic hydroxyl groups is 1. The highest BCUT2D eigenvalue weighted by Crippen LogP contribution is 2.15. The smallest absolute Gasteiger partial charge is 0.372 e. The first-order valence-electron chi connectivity index (χ1n) is 4.66. The van der Waals surface area contributed by atoms with E-state index in [0.29, 0.717) is 24.4 Å². The Labute approximate surface area is 87.9 Å². The zero-order valence-corrected chi connectivity index (χ0v) is 8.86. The van der Waals surface area contributed by atoms with E-state index in [1.54, 1.807) is 13.0 Å². The molecule has 5 heteroatoms. The maximum atomic E-state index is 10.7. The Morgan fingerprint density at radius 3 is 2.73 bits per heavy atom. The second kappa shape index (κ2) is 4.95. The molecule has 2 N–H and O–H groups in total. The Kier molecular flexibility index (Phi) is 3.88. The summed E-state index contributed by atoms with van der Waals surface area (Å²) in [6, 6.07) is 1.71. The average molecular weight is 213 g/mol. The van der Waals surface area contributed by atoms with E-state index in [0.717, 1.165) is 0 Å². The minimum atomic E-state index is -1.05. The molecule has 0 bridgehead atoms. The van der Waals surface area contributed by atoms with E-state index in [4.69, 9.17) is 14.6 Å². The van der Waals surface area contributed by atoms with Crippen LogP contribution in [0.2, 0.25) is 0 Å². The standard InChI is InChI=1S/C10H15NO4/c1-7-5-8(6-11(2)3-4-12)15-9(7)10(13)14/h5,12H,3-4,6H2,1-2H3,(H,13,14). The van der Waals surface area contributed by atoms with Gasteiger partial charge in [-0.05, 0) is 20.0 Å². The maximum Gasteiger partial charge on any atom is 0.372 e. The van der Waals surface area contributed by atoms with Gasteiger partial charge in [-0.25, -0.2) is 4.79 Å². The molecular formula is C10H15NO4. The molecule has 0 aliphatic carbocycles. The molecule has 15 heavy (non-hydrogen) atoms. The fraction of sp³-hybridized carbons (Fsp3) is 0.500. The van der Waals surface area contributed by atoms with Crippen molar-refractivity contribution < 1.29 is 19.4 Å². The number of carboxylic acid groups (broad SMARTS) is 1. The molecule has 1 rings (SSSR count). The number of furan rings is 1. The Morgan fingerprint density at radius 1 is 1.60 bits per heavy atom. The number of aliphatic hydroxyl groups excluding tert-OH is 1. The molecule has 0 fully saturated rings. The van der Waals surface area contributed by atoms with Crippen LogP contribution in [0.5, 0.6) is 0 Å². The van der Waals surface area contributed by atoms with E-state index in [-0.39, 0.29) is 12.4 Å². The molecule has 0 saturated heterocycles. The lowest BCUT2D eigenvalue weighted by atomic mass is 10.2. The first-order valence-corrected chi connectivity index (χ1v) is 4.66. The van der Waals surface area contributed by atoms with Crippen molar-refractivity contribution >= 4 is 5.97 Å². The van der Waals surface area contributed by atoms with Crippen molar-refractivity contribution in [1.29, 1.82) is 0 Å². The normalized spacial score (nSPS) is 10.9. The van der Waals surface area contributed by atoms with Crippen LogP contribution in [-0.2, 0) is 6.54 Å². The number of aromatic carboxylic acids is 1. The molecule has 0 atom stereocenters. The molecule has 5 nitrogen and oxygen atoms in total. The van der Waals surface area contributed by atoms with E-state index in [2.05, 4.69) is 0 Å². The Hall–Kier alpha value is -1.33. The van der Waals surface area contributed by atoms with Crippen molar-refractivity contribution in [2.45, 2.75) is 13.5 Å². The van der Waals surface area contributed by atoms with Crippen LogP contribution < -0.4 is 0 Å². The zero-order chi connectivity index (χ0) is 11.4. The summed E-state index contributed by atoms with van der Waals surface area (Å²) in [6.07, 6.45) is 0. The fourth-order valence-corrected chi connectivity index (χ4v) is 1.35. The van der Waals surface area contributed by atoms with E-state index in [9.17, 15) is 4.79 Å². The van der Waals surface area contributed by atoms with E-state index in [1.165, 1.54) is 0 Å². The van der Waals surface area contributed by atoms with Gasteiger partial charge in [0.25, 0.3) is 0 Å². The number of likely N-dealkylation sites (N-methyl/N-ethyl adjacent to an activating group) is 1. The lowest BCUT2D eigenvalue weighted by Crippen LogP contribution is -2.21. The van der Waals surface area contributed by atoms with Gasteiger partial charge in [0.15, 0.2) is 0 Å². The predicted molar refractivity (Wildman–Crippen MR) is 53.8 cm³/mol. The van der Waals surface area contributed by atoms with Crippen molar-refractivity contribution in [3.05, 3.63) is 23.2 Å². The molecule has 0 amide bonds. The van der Waals surface area contributed by atoms with Crippen molar-refractivity contribution in [1.82, 2.24) is 4.90 Å². The van der Waals surface area contributed by atoms with Crippen LogP contribution in [0.4, 0.5) is 0 Å². The zero-order valence-electron chi connectivity index (χ0n) is 8.86. The molecule has 0 saturated carbocycles. The monoisotopic (exact) mass is 213 g/mol. The minimum Gasteiger partial charge on any atom is -0.475 e. The third kappa shape index (κ3) is 3.07. The summed E-state index contributed by atoms with van der Waals surface area (Å²) in [5, 5.41) is 17.5. The number of hydrogen-bond acceptors (Lipinski definition) is 4. The highest BCUT2D eigenvalue weighted by Gasteiger charge is 2.14. The van der Waals surface area contributed by atoms with Gasteiger partial charge in [-0.2, -0.15) is 0 Å². The lowest BCUT2D eigenvalue weighted by Gasteiger charge is -2.12. The Balaban J connectivity index is 2.71. The highest BCUT2D eigenvalue weighted by molar-refractivity contribution is 5.86. The van der Waals surface area contributed by atoms with Crippen molar-refractivity contribution in [3.63, 3.8) is 0 Å². The van der Waals surface area contributed by atoms with Gasteiger partial charge >= 0.3 is 5.97 Å². The van der Waals surface area contributed by atoms with Crippen molar-refractivity contribution in [2.75, 3.05) is 20.2 Å². The van der Waals surface area contributed by atoms with Crippen LogP contribution in [0.3, 0.4) is 0 Å². The van der Waals surface area contributed by atoms with Crippen LogP contribution in [0.25, 0.3) is 0 Å². The van der Waals surface area contributed by atoms with Gasteiger partial charge in [0.1, 0.15) is 5.76 Å². The Morgan fingerprint density at radius 2 is 2.27 bits per heavy atom. The molecule has 0 unspecified atom stereocenters. The average Bonchev–Trinajstić information content (AvgIpc) is 2.47. The Bertz CT molecular complexity index is 345. The van der Waals surface area contributed by atoms with Gasteiger partial charge in [0.05, 0.1) is 13.2 Å². The predicted octanol–water partition coefficient (Wildman–Crippen LogP) is 0.710. The maximum absolute atomic E-state index is 10.7. The summed E-state index contributed by atoms with van der Waals surface area (Å²) in [4.78, 5) is 12.6. The van der Waals surface area contributed by atoms with Gasteiger partial charge in [-0.3, -0.25) is 4.90 Å². The largest absolute Gasteiger partial charge is 0.475 e. The first-order chi connectivity index (χ1) is 7.04. The summed E-state index contributed by atoms with van der Waals surface area (Å²) in [6.45, 7) is 2.79. The summed E-state index contributed by atoms with van der Waals surface area (Å²) in [7, 11) is 1.83. The minimum absolute atomic E-state index is 0.0117. The summed E-state index contributed by atoms with van der Waals surface area (Å²) < 4.78 is 5.17. The van der Waals surface area contributed by atoms with Gasteiger partial charge in [0.2, 0.25) is 5.76 Å². The van der Waals surface area contributed by atoms with Gasteiger partial charge < -0.3 is 14.6 Å². The van der Waals surface area contributed by atoms with Crippen LogP contribution >= 0.6 is 0 Å². The van der Waals surface area contributed by atoms with Crippen LogP contribution in [0.1, 0.15) is 21.9 Å². The summed E-state index contributed by atoms with van der Waals surface area (Å²) in [5.41, 5.74) is 0.620. The summed E-state index contributed by atoms with van der Waals surface area (Å²) >= 11 is 0. The number of carbonyl (C=O) groups is 1. The van der Waals surface area contributed by atoms with Gasteiger partial charge in [-0.15, -0.1) is 0 Å². The quantitative estimate of drug-likeness (QED) is 0.753. The molecule has 0 aliphatic rings. The number of rotatable bonds is 5. The first kappa shape index (κ1) is 11.7. The third-order valence-electron chi connectivity index (χ3n) is 2.07. The molecule has 1 heterocycles. The van der Waals surface area contributed by atoms with Crippen LogP contribution in [0.15, 0.2) is 10.5 Å². The lowest BCUT2D eigenvalue weighted by molar-refractivity contribution is 0.0657. The molecule has 0 aliphatic heterocycles. The number of aryl methyl sites for hydroxylation is 1.